The minimum atomic E-state index is -1.34. The van der Waals surface area contributed by atoms with Gasteiger partial charge in [0.25, 0.3) is 0 Å². The van der Waals surface area contributed by atoms with E-state index in [1.54, 1.807) is 0 Å². The lowest BCUT2D eigenvalue weighted by Crippen LogP contribution is -2.44. The van der Waals surface area contributed by atoms with Crippen LogP contribution in [0, 0.1) is 11.3 Å². The zero-order valence-electron chi connectivity index (χ0n) is 9.08. The molecule has 0 saturated carbocycles. The third-order valence-electron chi connectivity index (χ3n) is 2.92. The molecule has 86 valence electrons. The number of nitrogens with one attached hydrogen (secondary N) is 1. The second-order valence-electron chi connectivity index (χ2n) is 4.15. The van der Waals surface area contributed by atoms with Crippen molar-refractivity contribution in [3.05, 3.63) is 0 Å². The standard InChI is InChI=1S/C10H17NO4/c1-10(9(13)14,8(12)11-2)5-7-3-4-15-6-7/h7H,3-6H2,1-2H3,(H,11,12)(H,13,14). The molecule has 0 aromatic carbocycles. The zero-order chi connectivity index (χ0) is 11.5. The Morgan fingerprint density at radius 3 is 2.67 bits per heavy atom. The molecule has 0 aliphatic carbocycles. The van der Waals surface area contributed by atoms with Crippen LogP contribution in [-0.4, -0.2) is 37.2 Å². The molecule has 1 heterocycles. The molecular formula is C10H17NO4. The molecule has 2 atom stereocenters. The van der Waals surface area contributed by atoms with E-state index in [-0.39, 0.29) is 5.92 Å². The predicted molar refractivity (Wildman–Crippen MR) is 53.4 cm³/mol. The van der Waals surface area contributed by atoms with Crippen molar-refractivity contribution in [2.45, 2.75) is 19.8 Å². The number of carboxylic acid groups (broad SMARTS) is 1. The molecule has 0 aromatic heterocycles. The summed E-state index contributed by atoms with van der Waals surface area (Å²) >= 11 is 0. The number of carbonyl (C=O) groups is 2. The Morgan fingerprint density at radius 1 is 1.60 bits per heavy atom. The van der Waals surface area contributed by atoms with Crippen molar-refractivity contribution in [1.29, 1.82) is 0 Å². The van der Waals surface area contributed by atoms with Gasteiger partial charge in [-0.1, -0.05) is 0 Å². The van der Waals surface area contributed by atoms with Crippen LogP contribution in [0.2, 0.25) is 0 Å². The van der Waals surface area contributed by atoms with Gasteiger partial charge in [0.2, 0.25) is 5.91 Å². The summed E-state index contributed by atoms with van der Waals surface area (Å²) < 4.78 is 5.17. The van der Waals surface area contributed by atoms with Crippen molar-refractivity contribution in [2.75, 3.05) is 20.3 Å². The second kappa shape index (κ2) is 4.61. The quantitative estimate of drug-likeness (QED) is 0.659. The number of carbonyl (C=O) groups excluding carboxylic acids is 1. The summed E-state index contributed by atoms with van der Waals surface area (Å²) in [6, 6.07) is 0. The van der Waals surface area contributed by atoms with Gasteiger partial charge in [0.15, 0.2) is 0 Å². The van der Waals surface area contributed by atoms with Gasteiger partial charge < -0.3 is 15.2 Å². The summed E-state index contributed by atoms with van der Waals surface area (Å²) in [5.74, 6) is -1.35. The van der Waals surface area contributed by atoms with Gasteiger partial charge >= 0.3 is 5.97 Å². The van der Waals surface area contributed by atoms with E-state index >= 15 is 0 Å². The topological polar surface area (TPSA) is 75.6 Å². The Balaban J connectivity index is 2.72. The molecule has 5 heteroatoms. The fraction of sp³-hybridized carbons (Fsp3) is 0.800. The fourth-order valence-electron chi connectivity index (χ4n) is 1.87. The lowest BCUT2D eigenvalue weighted by Gasteiger charge is -2.25. The van der Waals surface area contributed by atoms with Gasteiger partial charge in [0.1, 0.15) is 5.41 Å². The van der Waals surface area contributed by atoms with Crippen molar-refractivity contribution in [3.63, 3.8) is 0 Å². The first-order chi connectivity index (χ1) is 7.00. The highest BCUT2D eigenvalue weighted by atomic mass is 16.5. The van der Waals surface area contributed by atoms with Crippen LogP contribution in [0.4, 0.5) is 0 Å². The Kier molecular flexibility index (Phi) is 3.68. The van der Waals surface area contributed by atoms with Gasteiger partial charge in [-0.05, 0) is 25.7 Å². The molecule has 1 aliphatic heterocycles. The minimum absolute atomic E-state index is 0.170. The predicted octanol–water partition coefficient (Wildman–Crippen LogP) is 0.250. The van der Waals surface area contributed by atoms with E-state index in [1.165, 1.54) is 14.0 Å². The number of amides is 1. The van der Waals surface area contributed by atoms with E-state index in [9.17, 15) is 9.59 Å². The van der Waals surface area contributed by atoms with E-state index in [0.29, 0.717) is 19.6 Å². The molecule has 0 aromatic rings. The van der Waals surface area contributed by atoms with Crippen LogP contribution < -0.4 is 5.32 Å². The van der Waals surface area contributed by atoms with Gasteiger partial charge in [-0.3, -0.25) is 9.59 Å². The first-order valence-corrected chi connectivity index (χ1v) is 5.04. The molecule has 0 bridgehead atoms. The minimum Gasteiger partial charge on any atom is -0.480 e. The maximum Gasteiger partial charge on any atom is 0.318 e. The lowest BCUT2D eigenvalue weighted by atomic mass is 9.80. The van der Waals surface area contributed by atoms with Gasteiger partial charge in [-0.15, -0.1) is 0 Å². The number of carboxylic acids is 1. The summed E-state index contributed by atoms with van der Waals surface area (Å²) in [5, 5.41) is 11.5. The maximum absolute atomic E-state index is 11.5. The van der Waals surface area contributed by atoms with Crippen molar-refractivity contribution in [2.24, 2.45) is 11.3 Å². The van der Waals surface area contributed by atoms with E-state index in [2.05, 4.69) is 5.32 Å². The number of aliphatic carboxylic acids is 1. The second-order valence-corrected chi connectivity index (χ2v) is 4.15. The smallest absolute Gasteiger partial charge is 0.318 e. The van der Waals surface area contributed by atoms with Crippen molar-refractivity contribution in [1.82, 2.24) is 5.32 Å². The Hall–Kier alpha value is -1.10. The highest BCUT2D eigenvalue weighted by molar-refractivity contribution is 6.01. The van der Waals surface area contributed by atoms with Crippen LogP contribution in [0.1, 0.15) is 19.8 Å². The molecule has 2 unspecified atom stereocenters. The van der Waals surface area contributed by atoms with Gasteiger partial charge in [-0.25, -0.2) is 0 Å². The van der Waals surface area contributed by atoms with Crippen LogP contribution in [0.3, 0.4) is 0 Å². The molecule has 15 heavy (non-hydrogen) atoms. The molecule has 2 N–H and O–H groups in total. The van der Waals surface area contributed by atoms with Crippen LogP contribution in [0.15, 0.2) is 0 Å². The highest BCUT2D eigenvalue weighted by Crippen LogP contribution is 2.31. The molecule has 1 aliphatic rings. The summed E-state index contributed by atoms with van der Waals surface area (Å²) in [6.07, 6.45) is 1.17. The summed E-state index contributed by atoms with van der Waals surface area (Å²) in [7, 11) is 1.45. The average molecular weight is 215 g/mol. The van der Waals surface area contributed by atoms with Crippen molar-refractivity contribution < 1.29 is 19.4 Å². The summed E-state index contributed by atoms with van der Waals surface area (Å²) in [4.78, 5) is 22.6. The molecule has 1 amide bonds. The Morgan fingerprint density at radius 2 is 2.27 bits per heavy atom. The number of ether oxygens (including phenoxy) is 1. The summed E-state index contributed by atoms with van der Waals surface area (Å²) in [6.45, 7) is 2.68. The number of rotatable bonds is 4. The van der Waals surface area contributed by atoms with Gasteiger partial charge in [-0.2, -0.15) is 0 Å². The zero-order valence-corrected chi connectivity index (χ0v) is 9.08. The largest absolute Gasteiger partial charge is 0.480 e. The van der Waals surface area contributed by atoms with Gasteiger partial charge in [0, 0.05) is 20.3 Å². The SMILES string of the molecule is CNC(=O)C(C)(CC1CCOC1)C(=O)O. The third-order valence-corrected chi connectivity index (χ3v) is 2.92. The first kappa shape index (κ1) is 12.0. The van der Waals surface area contributed by atoms with E-state index < -0.39 is 17.3 Å². The number of hydrogen-bond donors (Lipinski definition) is 2. The molecule has 1 rings (SSSR count). The van der Waals surface area contributed by atoms with Crippen LogP contribution in [0.25, 0.3) is 0 Å². The van der Waals surface area contributed by atoms with Crippen LogP contribution >= 0.6 is 0 Å². The molecule has 0 spiro atoms. The Bertz CT molecular complexity index is 260. The highest BCUT2D eigenvalue weighted by Gasteiger charge is 2.43. The van der Waals surface area contributed by atoms with Crippen LogP contribution in [-0.2, 0) is 14.3 Å². The maximum atomic E-state index is 11.5. The molecule has 1 fully saturated rings. The monoisotopic (exact) mass is 215 g/mol. The normalized spacial score (nSPS) is 24.5. The molecule has 5 nitrogen and oxygen atoms in total. The molecule has 0 radical (unpaired) electrons. The first-order valence-electron chi connectivity index (χ1n) is 5.04. The average Bonchev–Trinajstić information content (AvgIpc) is 2.68. The fourth-order valence-corrected chi connectivity index (χ4v) is 1.87. The van der Waals surface area contributed by atoms with Gasteiger partial charge in [0.05, 0.1) is 0 Å². The lowest BCUT2D eigenvalue weighted by molar-refractivity contribution is -0.155. The van der Waals surface area contributed by atoms with E-state index in [4.69, 9.17) is 9.84 Å². The van der Waals surface area contributed by atoms with E-state index in [0.717, 1.165) is 6.42 Å². The Labute approximate surface area is 88.8 Å². The van der Waals surface area contributed by atoms with E-state index in [1.807, 2.05) is 0 Å². The number of hydrogen-bond acceptors (Lipinski definition) is 3. The van der Waals surface area contributed by atoms with Crippen LogP contribution in [0.5, 0.6) is 0 Å². The van der Waals surface area contributed by atoms with Crippen molar-refractivity contribution >= 4 is 11.9 Å². The van der Waals surface area contributed by atoms with Crippen molar-refractivity contribution in [3.8, 4) is 0 Å². The third kappa shape index (κ3) is 2.47. The summed E-state index contributed by atoms with van der Waals surface area (Å²) in [5.41, 5.74) is -1.34. The molecule has 1 saturated heterocycles. The molecular weight excluding hydrogens is 198 g/mol.